The second kappa shape index (κ2) is 8.25. The Morgan fingerprint density at radius 2 is 1.94 bits per heavy atom. The molecule has 0 radical (unpaired) electrons. The summed E-state index contributed by atoms with van der Waals surface area (Å²) in [5.74, 6) is 0.894. The van der Waals surface area contributed by atoms with Crippen LogP contribution < -0.4 is 0 Å². The van der Waals surface area contributed by atoms with E-state index in [1.165, 1.54) is 25.7 Å². The van der Waals surface area contributed by atoms with Gasteiger partial charge in [-0.05, 0) is 20.3 Å². The average molecular weight is 253 g/mol. The molecule has 1 aromatic heterocycles. The zero-order valence-corrected chi connectivity index (χ0v) is 12.0. The molecule has 0 aliphatic heterocycles. The molecule has 1 heterocycles. The summed E-state index contributed by atoms with van der Waals surface area (Å²) >= 11 is 0. The van der Waals surface area contributed by atoms with Crippen LogP contribution in [0.2, 0.25) is 0 Å². The zero-order valence-electron chi connectivity index (χ0n) is 12.0. The molecule has 104 valence electrons. The Labute approximate surface area is 110 Å². The van der Waals surface area contributed by atoms with Crippen LogP contribution in [0, 0.1) is 0 Å². The molecule has 0 bridgehead atoms. The lowest BCUT2D eigenvalue weighted by Crippen LogP contribution is -2.16. The fourth-order valence-electron chi connectivity index (χ4n) is 2.15. The van der Waals surface area contributed by atoms with Crippen LogP contribution in [0.3, 0.4) is 0 Å². The fraction of sp³-hybridized carbons (Fsp3) is 0.857. The van der Waals surface area contributed by atoms with E-state index >= 15 is 0 Å². The second-order valence-corrected chi connectivity index (χ2v) is 5.28. The number of aliphatic hydroxyl groups excluding tert-OH is 1. The van der Waals surface area contributed by atoms with Crippen molar-refractivity contribution in [1.29, 1.82) is 0 Å². The lowest BCUT2D eigenvalue weighted by atomic mass is 10.1. The molecule has 0 amide bonds. The number of hydrogen-bond acceptors (Lipinski definition) is 3. The summed E-state index contributed by atoms with van der Waals surface area (Å²) in [5.41, 5.74) is 0. The number of aliphatic hydroxyl groups is 1. The first-order chi connectivity index (χ1) is 8.65. The first-order valence-corrected chi connectivity index (χ1v) is 7.21. The molecule has 1 N–H and O–H groups in total. The molecule has 1 aromatic rings. The minimum atomic E-state index is -0.284. The van der Waals surface area contributed by atoms with Crippen molar-refractivity contribution in [3.05, 3.63) is 12.2 Å². The maximum absolute atomic E-state index is 10.0. The van der Waals surface area contributed by atoms with Gasteiger partial charge in [-0.1, -0.05) is 39.0 Å². The number of hydrogen-bond donors (Lipinski definition) is 1. The summed E-state index contributed by atoms with van der Waals surface area (Å²) < 4.78 is 1.89. The van der Waals surface area contributed by atoms with E-state index in [4.69, 9.17) is 0 Å². The molecule has 0 saturated carbocycles. The Bertz CT molecular complexity index is 323. The van der Waals surface area contributed by atoms with Crippen molar-refractivity contribution in [2.24, 2.45) is 0 Å². The van der Waals surface area contributed by atoms with Crippen LogP contribution in [0.5, 0.6) is 0 Å². The summed E-state index contributed by atoms with van der Waals surface area (Å²) in [6.45, 7) is 6.37. The minimum absolute atomic E-state index is 0.284. The Kier molecular flexibility index (Phi) is 6.94. The summed E-state index contributed by atoms with van der Waals surface area (Å²) in [6, 6.07) is 0.305. The van der Waals surface area contributed by atoms with Crippen molar-refractivity contribution in [2.75, 3.05) is 0 Å². The molecule has 0 fully saturated rings. The molecule has 4 heteroatoms. The van der Waals surface area contributed by atoms with E-state index in [0.29, 0.717) is 12.5 Å². The highest BCUT2D eigenvalue weighted by atomic mass is 16.3. The summed E-state index contributed by atoms with van der Waals surface area (Å²) in [5, 5.41) is 14.2. The van der Waals surface area contributed by atoms with Crippen LogP contribution in [0.4, 0.5) is 0 Å². The van der Waals surface area contributed by atoms with E-state index < -0.39 is 0 Å². The fourth-order valence-corrected chi connectivity index (χ4v) is 2.15. The van der Waals surface area contributed by atoms with Crippen molar-refractivity contribution in [3.63, 3.8) is 0 Å². The highest BCUT2D eigenvalue weighted by Gasteiger charge is 2.12. The van der Waals surface area contributed by atoms with Gasteiger partial charge < -0.3 is 5.11 Å². The smallest absolute Gasteiger partial charge is 0.138 e. The Balaban J connectivity index is 2.26. The van der Waals surface area contributed by atoms with Gasteiger partial charge in [0.25, 0.3) is 0 Å². The van der Waals surface area contributed by atoms with Gasteiger partial charge in [0.15, 0.2) is 0 Å². The van der Waals surface area contributed by atoms with Gasteiger partial charge in [-0.2, -0.15) is 5.10 Å². The van der Waals surface area contributed by atoms with Crippen molar-refractivity contribution < 1.29 is 5.11 Å². The van der Waals surface area contributed by atoms with E-state index in [-0.39, 0.29) is 6.10 Å². The molecule has 0 aromatic carbocycles. The number of rotatable bonds is 9. The Hall–Kier alpha value is -0.900. The van der Waals surface area contributed by atoms with Crippen LogP contribution in [0.25, 0.3) is 0 Å². The second-order valence-electron chi connectivity index (χ2n) is 5.28. The van der Waals surface area contributed by atoms with Crippen molar-refractivity contribution in [2.45, 2.75) is 77.9 Å². The first-order valence-electron chi connectivity index (χ1n) is 7.21. The molecule has 0 spiro atoms. The first kappa shape index (κ1) is 15.2. The van der Waals surface area contributed by atoms with Gasteiger partial charge in [-0.15, -0.1) is 0 Å². The third-order valence-corrected chi connectivity index (χ3v) is 3.20. The molecule has 1 unspecified atom stereocenters. The van der Waals surface area contributed by atoms with Crippen molar-refractivity contribution in [3.8, 4) is 0 Å². The summed E-state index contributed by atoms with van der Waals surface area (Å²) in [7, 11) is 0. The number of nitrogens with zero attached hydrogens (tertiary/aromatic N) is 3. The highest BCUT2D eigenvalue weighted by Crippen LogP contribution is 2.12. The maximum atomic E-state index is 10.0. The third-order valence-electron chi connectivity index (χ3n) is 3.20. The molecular weight excluding hydrogens is 226 g/mol. The number of unbranched alkanes of at least 4 members (excludes halogenated alkanes) is 4. The summed E-state index contributed by atoms with van der Waals surface area (Å²) in [4.78, 5) is 4.23. The normalized spacial score (nSPS) is 13.2. The van der Waals surface area contributed by atoms with Gasteiger partial charge in [-0.25, -0.2) is 9.67 Å². The van der Waals surface area contributed by atoms with E-state index in [2.05, 4.69) is 30.9 Å². The van der Waals surface area contributed by atoms with Gasteiger partial charge in [0.1, 0.15) is 12.2 Å². The maximum Gasteiger partial charge on any atom is 0.138 e. The monoisotopic (exact) mass is 253 g/mol. The predicted molar refractivity (Wildman–Crippen MR) is 73.5 cm³/mol. The molecule has 1 atom stereocenters. The van der Waals surface area contributed by atoms with Gasteiger partial charge in [0, 0.05) is 12.5 Å². The molecule has 0 aliphatic carbocycles. The minimum Gasteiger partial charge on any atom is -0.393 e. The highest BCUT2D eigenvalue weighted by molar-refractivity contribution is 4.89. The quantitative estimate of drug-likeness (QED) is 0.688. The Morgan fingerprint density at radius 1 is 1.22 bits per heavy atom. The topological polar surface area (TPSA) is 50.9 Å². The molecule has 0 aliphatic rings. The SMILES string of the molecule is CCCCCCCC(O)Cc1ncnn1C(C)C. The van der Waals surface area contributed by atoms with Crippen LogP contribution in [0.1, 0.15) is 71.2 Å². The van der Waals surface area contributed by atoms with E-state index in [9.17, 15) is 5.11 Å². The predicted octanol–water partition coefficient (Wildman–Crippen LogP) is 3.12. The van der Waals surface area contributed by atoms with Gasteiger partial charge in [0.2, 0.25) is 0 Å². The van der Waals surface area contributed by atoms with Crippen LogP contribution in [0.15, 0.2) is 6.33 Å². The van der Waals surface area contributed by atoms with Crippen LogP contribution in [-0.2, 0) is 6.42 Å². The van der Waals surface area contributed by atoms with E-state index in [0.717, 1.165) is 18.7 Å². The van der Waals surface area contributed by atoms with Crippen LogP contribution >= 0.6 is 0 Å². The van der Waals surface area contributed by atoms with Gasteiger partial charge >= 0.3 is 0 Å². The third kappa shape index (κ3) is 5.17. The molecule has 1 rings (SSSR count). The van der Waals surface area contributed by atoms with Gasteiger partial charge in [0.05, 0.1) is 6.10 Å². The standard InChI is InChI=1S/C14H27N3O/c1-4-5-6-7-8-9-13(18)10-14-15-11-16-17(14)12(2)3/h11-13,18H,4-10H2,1-3H3. The molecule has 0 saturated heterocycles. The van der Waals surface area contributed by atoms with Gasteiger partial charge in [-0.3, -0.25) is 0 Å². The molecule has 18 heavy (non-hydrogen) atoms. The molecule has 4 nitrogen and oxygen atoms in total. The largest absolute Gasteiger partial charge is 0.393 e. The lowest BCUT2D eigenvalue weighted by Gasteiger charge is -2.13. The average Bonchev–Trinajstić information content (AvgIpc) is 2.77. The summed E-state index contributed by atoms with van der Waals surface area (Å²) in [6.07, 6.45) is 8.96. The molecular formula is C14H27N3O. The zero-order chi connectivity index (χ0) is 13.4. The van der Waals surface area contributed by atoms with Crippen molar-refractivity contribution >= 4 is 0 Å². The van der Waals surface area contributed by atoms with Crippen LogP contribution in [-0.4, -0.2) is 26.0 Å². The van der Waals surface area contributed by atoms with Crippen molar-refractivity contribution in [1.82, 2.24) is 14.8 Å². The Morgan fingerprint density at radius 3 is 2.61 bits per heavy atom. The number of aromatic nitrogens is 3. The van der Waals surface area contributed by atoms with E-state index in [1.807, 2.05) is 4.68 Å². The lowest BCUT2D eigenvalue weighted by molar-refractivity contribution is 0.156. The van der Waals surface area contributed by atoms with E-state index in [1.54, 1.807) is 6.33 Å².